The van der Waals surface area contributed by atoms with Crippen LogP contribution >= 0.6 is 0 Å². The van der Waals surface area contributed by atoms with Gasteiger partial charge in [0.05, 0.1) is 11.0 Å². The standard InChI is InChI=1S/C22H19N3O2/c1-15-11-12-16(22-24-18-9-5-6-10-19(18)25-22)13-20(15)23-21(26)14-27-17-7-3-2-4-8-17/h2-13H,14H2,1H3,(H,23,26)(H,24,25). The predicted molar refractivity (Wildman–Crippen MR) is 107 cm³/mol. The Kier molecular flexibility index (Phi) is 4.58. The van der Waals surface area contributed by atoms with Gasteiger partial charge in [-0.2, -0.15) is 0 Å². The van der Waals surface area contributed by atoms with Crippen LogP contribution in [0.2, 0.25) is 0 Å². The number of carbonyl (C=O) groups excluding carboxylic acids is 1. The van der Waals surface area contributed by atoms with Crippen LogP contribution < -0.4 is 10.1 Å². The van der Waals surface area contributed by atoms with Gasteiger partial charge in [-0.3, -0.25) is 4.79 Å². The molecule has 0 aliphatic heterocycles. The summed E-state index contributed by atoms with van der Waals surface area (Å²) in [5.41, 5.74) is 4.53. The second kappa shape index (κ2) is 7.33. The number of hydrogen-bond donors (Lipinski definition) is 2. The molecule has 0 fully saturated rings. The van der Waals surface area contributed by atoms with Crippen molar-refractivity contribution < 1.29 is 9.53 Å². The lowest BCUT2D eigenvalue weighted by Crippen LogP contribution is -2.20. The van der Waals surface area contributed by atoms with Crippen LogP contribution in [0.4, 0.5) is 5.69 Å². The highest BCUT2D eigenvalue weighted by molar-refractivity contribution is 5.93. The van der Waals surface area contributed by atoms with Crippen molar-refractivity contribution in [1.29, 1.82) is 0 Å². The second-order valence-corrected chi connectivity index (χ2v) is 6.28. The van der Waals surface area contributed by atoms with Gasteiger partial charge in [-0.1, -0.05) is 42.5 Å². The zero-order chi connectivity index (χ0) is 18.6. The van der Waals surface area contributed by atoms with E-state index in [1.54, 1.807) is 0 Å². The molecule has 0 unspecified atom stereocenters. The van der Waals surface area contributed by atoms with Crippen molar-refractivity contribution in [2.24, 2.45) is 0 Å². The summed E-state index contributed by atoms with van der Waals surface area (Å²) < 4.78 is 5.50. The Hall–Kier alpha value is -3.60. The molecular weight excluding hydrogens is 338 g/mol. The zero-order valence-electron chi connectivity index (χ0n) is 14.9. The number of anilines is 1. The third-order valence-corrected chi connectivity index (χ3v) is 4.29. The van der Waals surface area contributed by atoms with Crippen LogP contribution in [0.1, 0.15) is 5.56 Å². The number of carbonyl (C=O) groups is 1. The van der Waals surface area contributed by atoms with E-state index < -0.39 is 0 Å². The predicted octanol–water partition coefficient (Wildman–Crippen LogP) is 4.56. The van der Waals surface area contributed by atoms with Crippen LogP contribution in [0.25, 0.3) is 22.4 Å². The number of para-hydroxylation sites is 3. The summed E-state index contributed by atoms with van der Waals surface area (Å²) in [5.74, 6) is 1.23. The van der Waals surface area contributed by atoms with Crippen LogP contribution in [0.15, 0.2) is 72.8 Å². The summed E-state index contributed by atoms with van der Waals surface area (Å²) in [6.45, 7) is 1.91. The number of nitrogens with zero attached hydrogens (tertiary/aromatic N) is 1. The quantitative estimate of drug-likeness (QED) is 0.550. The maximum absolute atomic E-state index is 12.3. The van der Waals surface area contributed by atoms with E-state index in [4.69, 9.17) is 4.74 Å². The second-order valence-electron chi connectivity index (χ2n) is 6.28. The van der Waals surface area contributed by atoms with Crippen molar-refractivity contribution in [1.82, 2.24) is 9.97 Å². The Bertz CT molecular complexity index is 1050. The minimum absolute atomic E-state index is 0.0433. The van der Waals surface area contributed by atoms with Crippen LogP contribution in [0, 0.1) is 6.92 Å². The number of H-pyrrole nitrogens is 1. The molecule has 0 aliphatic carbocycles. The topological polar surface area (TPSA) is 67.0 Å². The summed E-state index contributed by atoms with van der Waals surface area (Å²) in [6, 6.07) is 23.0. The molecule has 4 aromatic rings. The van der Waals surface area contributed by atoms with Gasteiger partial charge in [-0.25, -0.2) is 4.98 Å². The minimum Gasteiger partial charge on any atom is -0.484 e. The van der Waals surface area contributed by atoms with Gasteiger partial charge in [0.1, 0.15) is 11.6 Å². The van der Waals surface area contributed by atoms with Gasteiger partial charge in [0.2, 0.25) is 0 Å². The fraction of sp³-hybridized carbons (Fsp3) is 0.0909. The number of aromatic amines is 1. The van der Waals surface area contributed by atoms with E-state index in [-0.39, 0.29) is 12.5 Å². The van der Waals surface area contributed by atoms with E-state index in [1.807, 2.05) is 79.7 Å². The summed E-state index contributed by atoms with van der Waals surface area (Å²) in [4.78, 5) is 20.2. The molecule has 1 amide bonds. The van der Waals surface area contributed by atoms with Crippen LogP contribution in [-0.4, -0.2) is 22.5 Å². The van der Waals surface area contributed by atoms with Crippen molar-refractivity contribution in [3.05, 3.63) is 78.4 Å². The first-order valence-corrected chi connectivity index (χ1v) is 8.72. The van der Waals surface area contributed by atoms with E-state index in [9.17, 15) is 4.79 Å². The summed E-state index contributed by atoms with van der Waals surface area (Å²) in [5, 5.41) is 2.92. The molecule has 1 aromatic heterocycles. The van der Waals surface area contributed by atoms with Gasteiger partial charge in [-0.15, -0.1) is 0 Å². The van der Waals surface area contributed by atoms with Crippen molar-refractivity contribution in [2.75, 3.05) is 11.9 Å². The molecule has 0 saturated heterocycles. The smallest absolute Gasteiger partial charge is 0.262 e. The molecule has 0 atom stereocenters. The lowest BCUT2D eigenvalue weighted by molar-refractivity contribution is -0.118. The number of nitrogens with one attached hydrogen (secondary N) is 2. The molecule has 27 heavy (non-hydrogen) atoms. The zero-order valence-corrected chi connectivity index (χ0v) is 14.9. The van der Waals surface area contributed by atoms with Crippen molar-refractivity contribution in [2.45, 2.75) is 6.92 Å². The molecule has 2 N–H and O–H groups in total. The van der Waals surface area contributed by atoms with Crippen molar-refractivity contribution in [3.63, 3.8) is 0 Å². The van der Waals surface area contributed by atoms with E-state index >= 15 is 0 Å². The number of rotatable bonds is 5. The molecule has 0 aliphatic rings. The maximum atomic E-state index is 12.3. The number of imidazole rings is 1. The van der Waals surface area contributed by atoms with E-state index in [0.29, 0.717) is 5.75 Å². The normalized spacial score (nSPS) is 10.7. The number of fused-ring (bicyclic) bond motifs is 1. The number of hydrogen-bond acceptors (Lipinski definition) is 3. The Morgan fingerprint density at radius 2 is 1.81 bits per heavy atom. The number of ether oxygens (including phenoxy) is 1. The SMILES string of the molecule is Cc1ccc(-c2nc3ccccc3[nH]2)cc1NC(=O)COc1ccccc1. The molecule has 0 spiro atoms. The lowest BCUT2D eigenvalue weighted by atomic mass is 10.1. The number of aryl methyl sites for hydroxylation is 1. The van der Waals surface area contributed by atoms with Crippen molar-refractivity contribution >= 4 is 22.6 Å². The van der Waals surface area contributed by atoms with Gasteiger partial charge in [0.15, 0.2) is 6.61 Å². The molecule has 134 valence electrons. The number of amides is 1. The van der Waals surface area contributed by atoms with Gasteiger partial charge in [0, 0.05) is 11.3 Å². The van der Waals surface area contributed by atoms with E-state index in [2.05, 4.69) is 15.3 Å². The fourth-order valence-corrected chi connectivity index (χ4v) is 2.85. The highest BCUT2D eigenvalue weighted by atomic mass is 16.5. The molecule has 1 heterocycles. The Morgan fingerprint density at radius 1 is 1.04 bits per heavy atom. The van der Waals surface area contributed by atoms with Gasteiger partial charge in [-0.05, 0) is 42.8 Å². The van der Waals surface area contributed by atoms with Crippen LogP contribution in [0.3, 0.4) is 0 Å². The first-order chi connectivity index (χ1) is 13.2. The molecule has 5 nitrogen and oxygen atoms in total. The molecule has 4 rings (SSSR count). The molecule has 5 heteroatoms. The molecule has 0 radical (unpaired) electrons. The fourth-order valence-electron chi connectivity index (χ4n) is 2.85. The Balaban J connectivity index is 1.51. The average Bonchev–Trinajstić information content (AvgIpc) is 3.13. The highest BCUT2D eigenvalue weighted by Crippen LogP contribution is 2.25. The van der Waals surface area contributed by atoms with Gasteiger partial charge >= 0.3 is 0 Å². The summed E-state index contributed by atoms with van der Waals surface area (Å²) in [6.07, 6.45) is 0. The Labute approximate surface area is 157 Å². The van der Waals surface area contributed by atoms with Crippen LogP contribution in [0.5, 0.6) is 5.75 Å². The monoisotopic (exact) mass is 357 g/mol. The Morgan fingerprint density at radius 3 is 2.63 bits per heavy atom. The third kappa shape index (κ3) is 3.82. The average molecular weight is 357 g/mol. The first-order valence-electron chi connectivity index (χ1n) is 8.72. The third-order valence-electron chi connectivity index (χ3n) is 4.29. The minimum atomic E-state index is -0.205. The van der Waals surface area contributed by atoms with Crippen LogP contribution in [-0.2, 0) is 4.79 Å². The largest absolute Gasteiger partial charge is 0.484 e. The molecule has 3 aromatic carbocycles. The van der Waals surface area contributed by atoms with E-state index in [1.165, 1.54) is 0 Å². The molecule has 0 bridgehead atoms. The first kappa shape index (κ1) is 16.8. The molecular formula is C22H19N3O2. The summed E-state index contributed by atoms with van der Waals surface area (Å²) >= 11 is 0. The molecule has 0 saturated carbocycles. The lowest BCUT2D eigenvalue weighted by Gasteiger charge is -2.11. The highest BCUT2D eigenvalue weighted by Gasteiger charge is 2.10. The summed E-state index contributed by atoms with van der Waals surface area (Å²) in [7, 11) is 0. The van der Waals surface area contributed by atoms with Gasteiger partial charge in [0.25, 0.3) is 5.91 Å². The number of benzene rings is 3. The van der Waals surface area contributed by atoms with Crippen molar-refractivity contribution in [3.8, 4) is 17.1 Å². The number of aromatic nitrogens is 2. The maximum Gasteiger partial charge on any atom is 0.262 e. The van der Waals surface area contributed by atoms with Gasteiger partial charge < -0.3 is 15.0 Å². The van der Waals surface area contributed by atoms with E-state index in [0.717, 1.165) is 33.7 Å².